The van der Waals surface area contributed by atoms with E-state index in [-0.39, 0.29) is 16.9 Å². The van der Waals surface area contributed by atoms with E-state index in [0.717, 1.165) is 31.6 Å². The number of allylic oxidation sites excluding steroid dienone is 1. The Morgan fingerprint density at radius 1 is 0.844 bits per heavy atom. The SMILES string of the molecule is C=C(C)[C@@H]1CC[C@]2(C=O)CC[C@]3(C)[C@H](CC[C@@H]4[C@@]5(C)CC[C@@H](O)C(C)(C)[C@@H]5CC[C@]43C)[C@@H]12. The Kier molecular flexibility index (Phi) is 5.03. The van der Waals surface area contributed by atoms with Crippen molar-refractivity contribution in [3.63, 3.8) is 0 Å². The summed E-state index contributed by atoms with van der Waals surface area (Å²) in [5, 5.41) is 10.9. The maximum atomic E-state index is 12.6. The second-order valence-corrected chi connectivity index (χ2v) is 14.4. The number of fused-ring (bicyclic) bond motifs is 7. The van der Waals surface area contributed by atoms with E-state index < -0.39 is 0 Å². The van der Waals surface area contributed by atoms with Gasteiger partial charge in [-0.1, -0.05) is 46.8 Å². The number of aliphatic hydroxyl groups excluding tert-OH is 1. The zero-order valence-corrected chi connectivity index (χ0v) is 21.7. The second kappa shape index (κ2) is 6.96. The van der Waals surface area contributed by atoms with Gasteiger partial charge in [0, 0.05) is 5.41 Å². The van der Waals surface area contributed by atoms with Crippen molar-refractivity contribution in [3.05, 3.63) is 12.2 Å². The summed E-state index contributed by atoms with van der Waals surface area (Å²) in [5.74, 6) is 3.03. The zero-order valence-electron chi connectivity index (χ0n) is 21.7. The highest BCUT2D eigenvalue weighted by Crippen LogP contribution is 2.77. The van der Waals surface area contributed by atoms with Crippen molar-refractivity contribution < 1.29 is 9.90 Å². The molecule has 10 atom stereocenters. The summed E-state index contributed by atoms with van der Waals surface area (Å²) < 4.78 is 0. The molecule has 5 aliphatic rings. The molecule has 0 heterocycles. The Balaban J connectivity index is 1.56. The third kappa shape index (κ3) is 2.60. The van der Waals surface area contributed by atoms with Crippen LogP contribution in [0.3, 0.4) is 0 Å². The summed E-state index contributed by atoms with van der Waals surface area (Å²) in [6.07, 6.45) is 13.1. The molecule has 32 heavy (non-hydrogen) atoms. The summed E-state index contributed by atoms with van der Waals surface area (Å²) in [7, 11) is 0. The molecular weight excluding hydrogens is 392 g/mol. The fourth-order valence-electron chi connectivity index (χ4n) is 11.4. The minimum absolute atomic E-state index is 0.0157. The van der Waals surface area contributed by atoms with Gasteiger partial charge in [0.05, 0.1) is 6.10 Å². The molecule has 0 amide bonds. The van der Waals surface area contributed by atoms with Gasteiger partial charge in [0.25, 0.3) is 0 Å². The normalized spacial score (nSPS) is 56.3. The number of carbonyl (C=O) groups is 1. The highest BCUT2D eigenvalue weighted by Gasteiger charge is 2.70. The van der Waals surface area contributed by atoms with Gasteiger partial charge in [-0.2, -0.15) is 0 Å². The molecule has 5 aliphatic carbocycles. The zero-order chi connectivity index (χ0) is 23.3. The minimum atomic E-state index is -0.158. The van der Waals surface area contributed by atoms with E-state index in [1.807, 2.05) is 0 Å². The van der Waals surface area contributed by atoms with Gasteiger partial charge < -0.3 is 9.90 Å². The van der Waals surface area contributed by atoms with E-state index >= 15 is 0 Å². The first kappa shape index (κ1) is 23.1. The lowest BCUT2D eigenvalue weighted by molar-refractivity contribution is -0.245. The molecule has 0 aromatic carbocycles. The van der Waals surface area contributed by atoms with Gasteiger partial charge in [0.15, 0.2) is 0 Å². The fraction of sp³-hybridized carbons (Fsp3) is 0.900. The first-order valence-corrected chi connectivity index (χ1v) is 13.7. The van der Waals surface area contributed by atoms with Crippen LogP contribution in [-0.2, 0) is 4.79 Å². The molecule has 180 valence electrons. The number of aliphatic hydroxyl groups is 1. The Bertz CT molecular complexity index is 814. The topological polar surface area (TPSA) is 37.3 Å². The molecule has 0 bridgehead atoms. The number of hydrogen-bond donors (Lipinski definition) is 1. The molecule has 1 N–H and O–H groups in total. The molecule has 2 nitrogen and oxygen atoms in total. The van der Waals surface area contributed by atoms with Crippen LogP contribution in [0.5, 0.6) is 0 Å². The van der Waals surface area contributed by atoms with E-state index in [2.05, 4.69) is 48.1 Å². The number of aldehydes is 1. The molecule has 0 saturated heterocycles. The van der Waals surface area contributed by atoms with Crippen LogP contribution in [0.4, 0.5) is 0 Å². The van der Waals surface area contributed by atoms with Crippen molar-refractivity contribution in [3.8, 4) is 0 Å². The van der Waals surface area contributed by atoms with Crippen LogP contribution in [0.25, 0.3) is 0 Å². The molecule has 2 heteroatoms. The molecule has 0 spiro atoms. The van der Waals surface area contributed by atoms with Gasteiger partial charge in [-0.05, 0) is 122 Å². The van der Waals surface area contributed by atoms with Crippen LogP contribution in [0, 0.1) is 56.7 Å². The summed E-state index contributed by atoms with van der Waals surface area (Å²) in [4.78, 5) is 12.6. The van der Waals surface area contributed by atoms with Gasteiger partial charge in [0.1, 0.15) is 6.29 Å². The minimum Gasteiger partial charge on any atom is -0.393 e. The highest BCUT2D eigenvalue weighted by molar-refractivity contribution is 5.62. The quantitative estimate of drug-likeness (QED) is 0.364. The monoisotopic (exact) mass is 440 g/mol. The van der Waals surface area contributed by atoms with Gasteiger partial charge in [-0.25, -0.2) is 0 Å². The molecule has 0 unspecified atom stereocenters. The third-order valence-electron chi connectivity index (χ3n) is 13.3. The van der Waals surface area contributed by atoms with E-state index in [1.165, 1.54) is 50.4 Å². The molecule has 0 radical (unpaired) electrons. The fourth-order valence-corrected chi connectivity index (χ4v) is 11.4. The smallest absolute Gasteiger partial charge is 0.126 e. The summed E-state index contributed by atoms with van der Waals surface area (Å²) >= 11 is 0. The van der Waals surface area contributed by atoms with Crippen LogP contribution < -0.4 is 0 Å². The number of carbonyl (C=O) groups excluding carboxylic acids is 1. The van der Waals surface area contributed by atoms with Crippen LogP contribution in [0.1, 0.15) is 106 Å². The Morgan fingerprint density at radius 2 is 1.56 bits per heavy atom. The lowest BCUT2D eigenvalue weighted by atomic mass is 9.32. The maximum absolute atomic E-state index is 12.6. The summed E-state index contributed by atoms with van der Waals surface area (Å²) in [6, 6.07) is 0. The van der Waals surface area contributed by atoms with Crippen molar-refractivity contribution in [1.29, 1.82) is 0 Å². The number of hydrogen-bond acceptors (Lipinski definition) is 2. The molecule has 0 aromatic heterocycles. The van der Waals surface area contributed by atoms with Gasteiger partial charge in [-0.15, -0.1) is 0 Å². The molecule has 5 rings (SSSR count). The van der Waals surface area contributed by atoms with Crippen molar-refractivity contribution in [2.75, 3.05) is 0 Å². The van der Waals surface area contributed by atoms with Gasteiger partial charge in [0.2, 0.25) is 0 Å². The van der Waals surface area contributed by atoms with E-state index in [0.29, 0.717) is 39.9 Å². The van der Waals surface area contributed by atoms with Crippen molar-refractivity contribution in [2.45, 2.75) is 112 Å². The van der Waals surface area contributed by atoms with E-state index in [4.69, 9.17) is 0 Å². The molecular formula is C30H48O2. The molecule has 0 aromatic rings. The summed E-state index contributed by atoms with van der Waals surface area (Å²) in [6.45, 7) is 19.2. The predicted molar refractivity (Wildman–Crippen MR) is 131 cm³/mol. The Hall–Kier alpha value is -0.630. The van der Waals surface area contributed by atoms with Crippen LogP contribution >= 0.6 is 0 Å². The predicted octanol–water partition coefficient (Wildman–Crippen LogP) is 7.20. The first-order chi connectivity index (χ1) is 14.9. The van der Waals surface area contributed by atoms with Crippen LogP contribution in [0.15, 0.2) is 12.2 Å². The molecule has 5 saturated carbocycles. The maximum Gasteiger partial charge on any atom is 0.126 e. The van der Waals surface area contributed by atoms with Crippen LogP contribution in [0.2, 0.25) is 0 Å². The standard InChI is InChI=1S/C30H48O2/c1-19(2)20-10-15-30(18-31)17-16-28(6)21(25(20)30)8-9-23-27(5)13-12-24(32)26(3,4)22(27)11-14-29(23,28)7/h18,20-25,32H,1,8-17H2,2-7H3/t20-,21+,22-,23+,24+,25+,27-,28+,29+,30+/m0/s1. The van der Waals surface area contributed by atoms with E-state index in [9.17, 15) is 9.90 Å². The largest absolute Gasteiger partial charge is 0.393 e. The average molecular weight is 441 g/mol. The second-order valence-electron chi connectivity index (χ2n) is 14.4. The molecule has 5 fully saturated rings. The first-order valence-electron chi connectivity index (χ1n) is 13.7. The highest BCUT2D eigenvalue weighted by atomic mass is 16.3. The Morgan fingerprint density at radius 3 is 2.22 bits per heavy atom. The molecule has 0 aliphatic heterocycles. The summed E-state index contributed by atoms with van der Waals surface area (Å²) in [5.41, 5.74) is 2.20. The lowest BCUT2D eigenvalue weighted by Crippen LogP contribution is -2.66. The Labute approximate surface area is 197 Å². The van der Waals surface area contributed by atoms with Crippen molar-refractivity contribution >= 4 is 6.29 Å². The van der Waals surface area contributed by atoms with E-state index in [1.54, 1.807) is 0 Å². The van der Waals surface area contributed by atoms with Crippen molar-refractivity contribution in [1.82, 2.24) is 0 Å². The lowest BCUT2D eigenvalue weighted by Gasteiger charge is -2.72. The van der Waals surface area contributed by atoms with Crippen LogP contribution in [-0.4, -0.2) is 17.5 Å². The third-order valence-corrected chi connectivity index (χ3v) is 13.3. The number of rotatable bonds is 2. The average Bonchev–Trinajstić information content (AvgIpc) is 3.12. The van der Waals surface area contributed by atoms with Gasteiger partial charge >= 0.3 is 0 Å². The van der Waals surface area contributed by atoms with Crippen molar-refractivity contribution in [2.24, 2.45) is 56.7 Å². The van der Waals surface area contributed by atoms with Gasteiger partial charge in [-0.3, -0.25) is 0 Å².